The van der Waals surface area contributed by atoms with Gasteiger partial charge in [0.15, 0.2) is 11.6 Å². The maximum Gasteiger partial charge on any atom is 0.306 e. The number of ether oxygens (including phenoxy) is 2. The average Bonchev–Trinajstić information content (AvgIpc) is 3.93. The Balaban J connectivity index is 0.000000139. The van der Waals surface area contributed by atoms with Gasteiger partial charge in [-0.3, -0.25) is 19.2 Å². The molecule has 9 aliphatic carbocycles. The van der Waals surface area contributed by atoms with Crippen molar-refractivity contribution in [1.29, 1.82) is 5.26 Å². The molecular formula is C46H58N2O8. The van der Waals surface area contributed by atoms with Crippen molar-refractivity contribution >= 4 is 23.5 Å². The van der Waals surface area contributed by atoms with E-state index in [1.54, 1.807) is 6.08 Å². The maximum absolute atomic E-state index is 12.9. The fourth-order valence-corrected chi connectivity index (χ4v) is 17.0. The van der Waals surface area contributed by atoms with Gasteiger partial charge in [-0.1, -0.05) is 39.8 Å². The third kappa shape index (κ3) is 4.20. The number of nitrogens with two attached hydrogens (primary N) is 1. The SMILES string of the molecule is CC12CCC(=O)C3=C(N)C(CC31C#N)C1C2C(O)CC2(C)C1CC[C@@]21CCC(=O)O1.CC12CCC(=O)C=C1C=CC1C2C(O)CC2(C)C1CC[C@@]21CCC(=O)O1. The molecule has 6 saturated carbocycles. The summed E-state index contributed by atoms with van der Waals surface area (Å²) in [4.78, 5) is 48.8. The normalized spacial score (nSPS) is 54.3. The first-order chi connectivity index (χ1) is 26.4. The summed E-state index contributed by atoms with van der Waals surface area (Å²) in [5, 5.41) is 33.3. The van der Waals surface area contributed by atoms with E-state index in [4.69, 9.17) is 15.2 Å². The molecule has 10 heteroatoms. The van der Waals surface area contributed by atoms with Crippen molar-refractivity contribution in [3.63, 3.8) is 0 Å². The minimum atomic E-state index is -0.872. The van der Waals surface area contributed by atoms with Crippen LogP contribution in [0.2, 0.25) is 0 Å². The molecule has 0 radical (unpaired) electrons. The van der Waals surface area contributed by atoms with Gasteiger partial charge in [0.1, 0.15) is 11.2 Å². The monoisotopic (exact) mass is 766 g/mol. The summed E-state index contributed by atoms with van der Waals surface area (Å²) in [7, 11) is 0. The van der Waals surface area contributed by atoms with Gasteiger partial charge in [-0.05, 0) is 123 Å². The predicted octanol–water partition coefficient (Wildman–Crippen LogP) is 5.94. The van der Waals surface area contributed by atoms with Crippen molar-refractivity contribution in [2.24, 2.45) is 74.2 Å². The molecule has 0 aromatic carbocycles. The molecule has 16 atom stereocenters. The smallest absolute Gasteiger partial charge is 0.306 e. The average molecular weight is 767 g/mol. The van der Waals surface area contributed by atoms with Crippen LogP contribution in [0.5, 0.6) is 0 Å². The Morgan fingerprint density at radius 3 is 1.96 bits per heavy atom. The number of nitriles is 1. The van der Waals surface area contributed by atoms with Gasteiger partial charge < -0.3 is 25.4 Å². The third-order valence-corrected chi connectivity index (χ3v) is 19.6. The summed E-state index contributed by atoms with van der Waals surface area (Å²) in [5.41, 5.74) is 6.15. The second-order valence-electron chi connectivity index (χ2n) is 21.2. The fourth-order valence-electron chi connectivity index (χ4n) is 17.0. The zero-order valence-electron chi connectivity index (χ0n) is 33.4. The van der Waals surface area contributed by atoms with E-state index in [0.717, 1.165) is 50.5 Å². The summed E-state index contributed by atoms with van der Waals surface area (Å²) in [6, 6.07) is 2.55. The number of nitrogens with zero attached hydrogens (tertiary/aromatic N) is 1. The van der Waals surface area contributed by atoms with Crippen LogP contribution in [0.4, 0.5) is 0 Å². The number of hydrogen-bond donors (Lipinski definition) is 3. The molecule has 4 N–H and O–H groups in total. The summed E-state index contributed by atoms with van der Waals surface area (Å²) >= 11 is 0. The largest absolute Gasteiger partial charge is 0.458 e. The van der Waals surface area contributed by atoms with Crippen LogP contribution in [0.25, 0.3) is 0 Å². The van der Waals surface area contributed by atoms with E-state index in [1.807, 2.05) is 0 Å². The van der Waals surface area contributed by atoms with Crippen molar-refractivity contribution in [1.82, 2.24) is 0 Å². The lowest BCUT2D eigenvalue weighted by Crippen LogP contribution is -2.64. The Bertz CT molecular complexity index is 2000. The Hall–Kier alpha value is -3.29. The van der Waals surface area contributed by atoms with Crippen molar-refractivity contribution in [3.8, 4) is 6.07 Å². The highest BCUT2D eigenvalue weighted by atomic mass is 16.6. The molecule has 8 fully saturated rings. The minimum absolute atomic E-state index is 0.0255. The van der Waals surface area contributed by atoms with Crippen LogP contribution in [0.3, 0.4) is 0 Å². The number of carbonyl (C=O) groups excluding carboxylic acids is 4. The molecule has 2 heterocycles. The van der Waals surface area contributed by atoms with Crippen LogP contribution >= 0.6 is 0 Å². The Kier molecular flexibility index (Phi) is 7.58. The van der Waals surface area contributed by atoms with Crippen LogP contribution in [-0.4, -0.2) is 57.1 Å². The molecule has 0 aromatic heterocycles. The molecule has 2 aliphatic heterocycles. The Morgan fingerprint density at radius 2 is 1.36 bits per heavy atom. The highest BCUT2D eigenvalue weighted by Gasteiger charge is 2.77. The lowest BCUT2D eigenvalue weighted by atomic mass is 9.39. The summed E-state index contributed by atoms with van der Waals surface area (Å²) in [6.45, 7) is 8.81. The van der Waals surface area contributed by atoms with Gasteiger partial charge in [0, 0.05) is 59.6 Å². The first-order valence-electron chi connectivity index (χ1n) is 21.6. The lowest BCUT2D eigenvalue weighted by molar-refractivity contribution is -0.209. The number of aliphatic hydroxyl groups excluding tert-OH is 2. The number of fused-ring (bicyclic) bond motifs is 13. The molecule has 2 spiro atoms. The number of Topliss-reactive ketones (excluding diaryl/α,β-unsaturated/α-hetero) is 1. The molecule has 2 bridgehead atoms. The van der Waals surface area contributed by atoms with Gasteiger partial charge in [0.05, 0.1) is 23.7 Å². The molecule has 2 saturated heterocycles. The van der Waals surface area contributed by atoms with Gasteiger partial charge in [-0.25, -0.2) is 0 Å². The molecule has 0 aromatic rings. The predicted molar refractivity (Wildman–Crippen MR) is 202 cm³/mol. The maximum atomic E-state index is 12.9. The fraction of sp³-hybridized carbons (Fsp3) is 0.761. The second kappa shape index (κ2) is 11.5. The quantitative estimate of drug-likeness (QED) is 0.250. The number of ketones is 2. The van der Waals surface area contributed by atoms with E-state index in [2.05, 4.69) is 45.9 Å². The molecule has 56 heavy (non-hydrogen) atoms. The number of allylic oxidation sites excluding steroid dienone is 6. The highest BCUT2D eigenvalue weighted by molar-refractivity contribution is 6.00. The standard InChI is InChI=1S/C24H30N2O4.C22H28O4/c1-21-6-4-14(27)19-20(26)12(9-23(19,21)11-25)17-13-3-7-24(8-5-16(29)30-24)22(13,2)10-15(28)18(17)21;1-20-8-5-14(23)11-13(20)3-4-15-16-6-9-22(10-7-18(25)26-22)21(16,2)12-17(24)19(15)20/h12-13,15,17-18,28H,3-10,26H2,1-2H3;3-4,11,15-17,19,24H,5-10,12H2,1-2H3/t12?,13?,15?,17?,18?,21?,22?,23?,24-;15?,16?,17?,19?,20?,21?,22-/m11/s1. The van der Waals surface area contributed by atoms with Crippen molar-refractivity contribution in [3.05, 3.63) is 35.1 Å². The van der Waals surface area contributed by atoms with Crippen LogP contribution in [0.1, 0.15) is 124 Å². The van der Waals surface area contributed by atoms with Crippen molar-refractivity contribution in [2.45, 2.75) is 147 Å². The summed E-state index contributed by atoms with van der Waals surface area (Å²) in [5.74, 6) is 1.16. The van der Waals surface area contributed by atoms with Crippen LogP contribution in [0, 0.1) is 79.8 Å². The molecule has 11 rings (SSSR count). The number of aliphatic hydroxyl groups is 2. The highest BCUT2D eigenvalue weighted by Crippen LogP contribution is 2.77. The van der Waals surface area contributed by atoms with E-state index in [1.165, 1.54) is 0 Å². The van der Waals surface area contributed by atoms with Gasteiger partial charge in [0.25, 0.3) is 0 Å². The molecule has 300 valence electrons. The van der Waals surface area contributed by atoms with E-state index in [-0.39, 0.29) is 80.9 Å². The lowest BCUT2D eigenvalue weighted by Gasteiger charge is -2.64. The number of hydrogen-bond acceptors (Lipinski definition) is 10. The third-order valence-electron chi connectivity index (χ3n) is 19.6. The van der Waals surface area contributed by atoms with E-state index >= 15 is 0 Å². The molecule has 10 nitrogen and oxygen atoms in total. The van der Waals surface area contributed by atoms with Crippen molar-refractivity contribution in [2.75, 3.05) is 0 Å². The number of esters is 2. The zero-order valence-corrected chi connectivity index (χ0v) is 33.4. The first kappa shape index (κ1) is 37.0. The molecule has 11 aliphatic rings. The molecule has 14 unspecified atom stereocenters. The number of rotatable bonds is 0. The van der Waals surface area contributed by atoms with Crippen LogP contribution in [0.15, 0.2) is 35.1 Å². The van der Waals surface area contributed by atoms with Crippen LogP contribution in [-0.2, 0) is 28.7 Å². The summed E-state index contributed by atoms with van der Waals surface area (Å²) in [6.07, 6.45) is 15.7. The zero-order chi connectivity index (χ0) is 39.6. The van der Waals surface area contributed by atoms with Gasteiger partial charge in [-0.2, -0.15) is 5.26 Å². The first-order valence-corrected chi connectivity index (χ1v) is 21.6. The van der Waals surface area contributed by atoms with E-state index in [0.29, 0.717) is 68.6 Å². The Morgan fingerprint density at radius 1 is 0.750 bits per heavy atom. The topological polar surface area (TPSA) is 177 Å². The van der Waals surface area contributed by atoms with Crippen molar-refractivity contribution < 1.29 is 38.9 Å². The van der Waals surface area contributed by atoms with Crippen LogP contribution < -0.4 is 5.73 Å². The summed E-state index contributed by atoms with van der Waals surface area (Å²) < 4.78 is 11.9. The minimum Gasteiger partial charge on any atom is -0.458 e. The van der Waals surface area contributed by atoms with E-state index < -0.39 is 28.6 Å². The van der Waals surface area contributed by atoms with E-state index in [9.17, 15) is 34.7 Å². The van der Waals surface area contributed by atoms with Gasteiger partial charge >= 0.3 is 11.9 Å². The molecular weight excluding hydrogens is 709 g/mol. The number of carbonyl (C=O) groups is 4. The Labute approximate surface area is 329 Å². The second-order valence-corrected chi connectivity index (χ2v) is 21.2. The molecule has 0 amide bonds. The van der Waals surface area contributed by atoms with Gasteiger partial charge in [-0.15, -0.1) is 0 Å². The van der Waals surface area contributed by atoms with Gasteiger partial charge in [0.2, 0.25) is 0 Å².